The Morgan fingerprint density at radius 2 is 0.844 bits per heavy atom. The minimum absolute atomic E-state index is 0.376. The first-order valence-corrected chi connectivity index (χ1v) is 11.4. The molecular weight excluding hydrogens is 428 g/mol. The highest BCUT2D eigenvalue weighted by atomic mass is 31.1. The Morgan fingerprint density at radius 1 is 0.531 bits per heavy atom. The maximum Gasteiger partial charge on any atom is 0.454 e. The van der Waals surface area contributed by atoms with Gasteiger partial charge in [-0.1, -0.05) is 121 Å². The third-order valence-electron chi connectivity index (χ3n) is 5.37. The highest BCUT2D eigenvalue weighted by molar-refractivity contribution is 7.83. The van der Waals surface area contributed by atoms with Crippen molar-refractivity contribution in [2.75, 3.05) is 0 Å². The molecule has 0 aliphatic carbocycles. The average Bonchev–Trinajstić information content (AvgIpc) is 2.84. The summed E-state index contributed by atoms with van der Waals surface area (Å²) < 4.78 is 42.4. The summed E-state index contributed by atoms with van der Waals surface area (Å²) >= 11 is 0. The molecule has 160 valence electrons. The number of benzene rings is 4. The van der Waals surface area contributed by atoms with Crippen LogP contribution in [0.2, 0.25) is 0 Å². The molecule has 1 nitrogen and oxygen atoms in total. The highest BCUT2D eigenvalue weighted by Crippen LogP contribution is 2.64. The van der Waals surface area contributed by atoms with Gasteiger partial charge in [-0.2, -0.15) is 13.2 Å². The number of carbonyl (C=O) groups is 1. The van der Waals surface area contributed by atoms with Crippen LogP contribution in [-0.2, 0) is 9.95 Å². The fraction of sp³-hybridized carbons (Fsp3) is 0.0741. The predicted octanol–water partition coefficient (Wildman–Crippen LogP) is 6.87. The molecule has 0 N–H and O–H groups in total. The molecule has 0 saturated heterocycles. The maximum atomic E-state index is 14.1. The summed E-state index contributed by atoms with van der Waals surface area (Å²) in [6, 6.07) is 35.4. The molecule has 4 aromatic rings. The molecule has 0 aliphatic heterocycles. The van der Waals surface area contributed by atoms with Crippen LogP contribution in [0.1, 0.15) is 16.7 Å². The predicted molar refractivity (Wildman–Crippen MR) is 123 cm³/mol. The standard InChI is InChI=1S/C27H20F3OP/c28-27(29,30)25(31)32(24-19-11-4-12-20-24)26(21-13-5-1-6-14-21,22-15-7-2-8-16-22)23-17-9-3-10-18-23/h1-20H. The Hall–Kier alpha value is -3.23. The summed E-state index contributed by atoms with van der Waals surface area (Å²) in [6.45, 7) is 0. The largest absolute Gasteiger partial charge is 0.454 e. The van der Waals surface area contributed by atoms with E-state index in [0.717, 1.165) is 0 Å². The van der Waals surface area contributed by atoms with Gasteiger partial charge in [-0.15, -0.1) is 0 Å². The fourth-order valence-electron chi connectivity index (χ4n) is 4.09. The van der Waals surface area contributed by atoms with E-state index in [1.165, 1.54) is 0 Å². The van der Waals surface area contributed by atoms with Crippen LogP contribution in [0.25, 0.3) is 0 Å². The second-order valence-corrected chi connectivity index (χ2v) is 9.55. The van der Waals surface area contributed by atoms with Crippen LogP contribution in [0.4, 0.5) is 13.2 Å². The van der Waals surface area contributed by atoms with E-state index in [-0.39, 0.29) is 0 Å². The molecule has 4 aromatic carbocycles. The van der Waals surface area contributed by atoms with E-state index in [2.05, 4.69) is 0 Å². The molecule has 0 bridgehead atoms. The van der Waals surface area contributed by atoms with Crippen LogP contribution >= 0.6 is 7.92 Å². The molecule has 1 atom stereocenters. The first-order valence-electron chi connectivity index (χ1n) is 10.1. The zero-order valence-corrected chi connectivity index (χ0v) is 17.9. The molecule has 0 saturated carbocycles. The van der Waals surface area contributed by atoms with Gasteiger partial charge in [-0.25, -0.2) is 0 Å². The van der Waals surface area contributed by atoms with Gasteiger partial charge in [0.2, 0.25) is 0 Å². The summed E-state index contributed by atoms with van der Waals surface area (Å²) in [5.74, 6) is 0. The van der Waals surface area contributed by atoms with E-state index in [0.29, 0.717) is 22.0 Å². The van der Waals surface area contributed by atoms with Crippen LogP contribution in [0.5, 0.6) is 0 Å². The van der Waals surface area contributed by atoms with E-state index in [4.69, 9.17) is 0 Å². The molecule has 0 spiro atoms. The van der Waals surface area contributed by atoms with Crippen molar-refractivity contribution in [3.63, 3.8) is 0 Å². The van der Waals surface area contributed by atoms with Gasteiger partial charge in [-0.05, 0) is 22.0 Å². The molecule has 0 aromatic heterocycles. The number of hydrogen-bond acceptors (Lipinski definition) is 1. The highest BCUT2D eigenvalue weighted by Gasteiger charge is 2.55. The van der Waals surface area contributed by atoms with Crippen LogP contribution in [0.3, 0.4) is 0 Å². The number of hydrogen-bond donors (Lipinski definition) is 0. The first kappa shape index (κ1) is 22.0. The molecule has 0 amide bonds. The van der Waals surface area contributed by atoms with Gasteiger partial charge in [0.25, 0.3) is 5.52 Å². The van der Waals surface area contributed by atoms with Gasteiger partial charge < -0.3 is 0 Å². The number of halogens is 3. The van der Waals surface area contributed by atoms with Crippen molar-refractivity contribution in [2.24, 2.45) is 0 Å². The molecule has 0 fully saturated rings. The minimum Gasteiger partial charge on any atom is -0.284 e. The summed E-state index contributed by atoms with van der Waals surface area (Å²) in [5.41, 5.74) is 0.218. The summed E-state index contributed by atoms with van der Waals surface area (Å²) in [7, 11) is -2.45. The second kappa shape index (κ2) is 9.10. The van der Waals surface area contributed by atoms with Gasteiger partial charge in [0.05, 0.1) is 5.16 Å². The maximum absolute atomic E-state index is 14.1. The van der Waals surface area contributed by atoms with Crippen LogP contribution in [0.15, 0.2) is 121 Å². The Morgan fingerprint density at radius 3 is 1.16 bits per heavy atom. The summed E-state index contributed by atoms with van der Waals surface area (Å²) in [4.78, 5) is 13.2. The van der Waals surface area contributed by atoms with E-state index in [1.54, 1.807) is 66.7 Å². The van der Waals surface area contributed by atoms with Crippen molar-refractivity contribution in [1.82, 2.24) is 0 Å². The first-order chi connectivity index (χ1) is 15.5. The normalized spacial score (nSPS) is 12.8. The SMILES string of the molecule is O=C(P(c1ccccc1)C(c1ccccc1)(c1ccccc1)c1ccccc1)C(F)(F)F. The van der Waals surface area contributed by atoms with Gasteiger partial charge in [0, 0.05) is 7.92 Å². The van der Waals surface area contributed by atoms with Crippen molar-refractivity contribution < 1.29 is 18.0 Å². The Labute approximate surface area is 186 Å². The lowest BCUT2D eigenvalue weighted by Gasteiger charge is -2.42. The van der Waals surface area contributed by atoms with Crippen molar-refractivity contribution in [2.45, 2.75) is 11.3 Å². The van der Waals surface area contributed by atoms with Gasteiger partial charge in [0.15, 0.2) is 0 Å². The topological polar surface area (TPSA) is 17.1 Å². The van der Waals surface area contributed by atoms with Crippen molar-refractivity contribution in [3.8, 4) is 0 Å². The lowest BCUT2D eigenvalue weighted by Crippen LogP contribution is -2.38. The zero-order chi connectivity index (χ0) is 22.6. The van der Waals surface area contributed by atoms with Crippen LogP contribution < -0.4 is 5.30 Å². The third-order valence-corrected chi connectivity index (χ3v) is 8.29. The molecule has 32 heavy (non-hydrogen) atoms. The Bertz CT molecular complexity index is 1060. The number of rotatable bonds is 6. The summed E-state index contributed by atoms with van der Waals surface area (Å²) in [5, 5.41) is -0.950. The fourth-order valence-corrected chi connectivity index (χ4v) is 6.96. The molecule has 0 aliphatic rings. The van der Waals surface area contributed by atoms with Crippen molar-refractivity contribution in [3.05, 3.63) is 138 Å². The minimum atomic E-state index is -4.98. The monoisotopic (exact) mass is 448 g/mol. The Balaban J connectivity index is 2.18. The molecule has 0 radical (unpaired) electrons. The average molecular weight is 448 g/mol. The smallest absolute Gasteiger partial charge is 0.284 e. The lowest BCUT2D eigenvalue weighted by molar-refractivity contribution is -0.161. The third kappa shape index (κ3) is 3.99. The molecule has 0 heterocycles. The van der Waals surface area contributed by atoms with E-state index in [1.807, 2.05) is 54.6 Å². The van der Waals surface area contributed by atoms with E-state index in [9.17, 15) is 18.0 Å². The number of alkyl halides is 3. The number of carbonyl (C=O) groups excluding carboxylic acids is 1. The molecule has 4 rings (SSSR count). The van der Waals surface area contributed by atoms with Gasteiger partial charge >= 0.3 is 6.18 Å². The van der Waals surface area contributed by atoms with E-state index >= 15 is 0 Å². The van der Waals surface area contributed by atoms with Crippen LogP contribution in [-0.4, -0.2) is 11.7 Å². The summed E-state index contributed by atoms with van der Waals surface area (Å²) in [6.07, 6.45) is -4.98. The molecule has 5 heteroatoms. The van der Waals surface area contributed by atoms with Gasteiger partial charge in [0.1, 0.15) is 0 Å². The second-order valence-electron chi connectivity index (χ2n) is 7.28. The van der Waals surface area contributed by atoms with Crippen molar-refractivity contribution in [1.29, 1.82) is 0 Å². The lowest BCUT2D eigenvalue weighted by atomic mass is 9.84. The zero-order valence-electron chi connectivity index (χ0n) is 17.0. The Kier molecular flexibility index (Phi) is 6.25. The van der Waals surface area contributed by atoms with Crippen LogP contribution in [0, 0.1) is 0 Å². The van der Waals surface area contributed by atoms with Gasteiger partial charge in [-0.3, -0.25) is 4.79 Å². The molecular formula is C27H20F3OP. The molecule has 1 unspecified atom stereocenters. The van der Waals surface area contributed by atoms with Crippen molar-refractivity contribution >= 4 is 18.8 Å². The quantitative estimate of drug-likeness (QED) is 0.232. The van der Waals surface area contributed by atoms with E-state index < -0.39 is 24.8 Å².